The average molecular weight is 305 g/mol. The zero-order valence-corrected chi connectivity index (χ0v) is 13.0. The van der Waals surface area contributed by atoms with Crippen molar-refractivity contribution in [1.29, 1.82) is 0 Å². The lowest BCUT2D eigenvalue weighted by molar-refractivity contribution is 0.0952. The molecule has 1 heterocycles. The molecule has 4 nitrogen and oxygen atoms in total. The summed E-state index contributed by atoms with van der Waals surface area (Å²) in [7, 11) is 0. The third kappa shape index (κ3) is 3.48. The lowest BCUT2D eigenvalue weighted by atomic mass is 10.1. The summed E-state index contributed by atoms with van der Waals surface area (Å²) in [5, 5.41) is 7.02. The third-order valence-electron chi connectivity index (χ3n) is 3.61. The van der Waals surface area contributed by atoms with E-state index >= 15 is 0 Å². The molecule has 0 spiro atoms. The molecule has 0 aliphatic carbocycles. The predicted molar refractivity (Wildman–Crippen MR) is 93.5 cm³/mol. The molecule has 0 unspecified atom stereocenters. The number of anilines is 1. The quantitative estimate of drug-likeness (QED) is 0.757. The van der Waals surface area contributed by atoms with E-state index in [2.05, 4.69) is 15.6 Å². The minimum atomic E-state index is -0.0911. The number of hydrogen-bond donors (Lipinski definition) is 2. The summed E-state index contributed by atoms with van der Waals surface area (Å²) in [6.07, 6.45) is 0. The van der Waals surface area contributed by atoms with Crippen LogP contribution in [0.3, 0.4) is 0 Å². The largest absolute Gasteiger partial charge is 0.370 e. The Labute approximate surface area is 135 Å². The normalized spacial score (nSPS) is 10.5. The number of hydrogen-bond acceptors (Lipinski definition) is 3. The molecule has 1 aromatic heterocycles. The van der Waals surface area contributed by atoms with Crippen LogP contribution >= 0.6 is 0 Å². The van der Waals surface area contributed by atoms with Crippen LogP contribution in [0.2, 0.25) is 0 Å². The predicted octanol–water partition coefficient (Wildman–Crippen LogP) is 3.60. The summed E-state index contributed by atoms with van der Waals surface area (Å²) in [5.74, 6) is 0.627. The highest BCUT2D eigenvalue weighted by atomic mass is 16.1. The second-order valence-corrected chi connectivity index (χ2v) is 5.27. The van der Waals surface area contributed by atoms with E-state index in [9.17, 15) is 4.79 Å². The topological polar surface area (TPSA) is 54.0 Å². The Morgan fingerprint density at radius 2 is 1.78 bits per heavy atom. The monoisotopic (exact) mass is 305 g/mol. The zero-order chi connectivity index (χ0) is 16.1. The number of pyridine rings is 1. The Morgan fingerprint density at radius 3 is 2.57 bits per heavy atom. The lowest BCUT2D eigenvalue weighted by Gasteiger charge is -2.11. The van der Waals surface area contributed by atoms with Gasteiger partial charge in [0.05, 0.1) is 11.1 Å². The molecule has 0 saturated heterocycles. The fraction of sp³-hybridized carbons (Fsp3) is 0.158. The number of nitrogens with zero attached hydrogens (tertiary/aromatic N) is 1. The van der Waals surface area contributed by atoms with Crippen molar-refractivity contribution in [3.63, 3.8) is 0 Å². The van der Waals surface area contributed by atoms with Crippen molar-refractivity contribution in [2.45, 2.75) is 13.5 Å². The summed E-state index contributed by atoms with van der Waals surface area (Å²) in [6.45, 7) is 3.27. The van der Waals surface area contributed by atoms with Crippen molar-refractivity contribution in [3.05, 3.63) is 71.8 Å². The van der Waals surface area contributed by atoms with E-state index in [1.165, 1.54) is 0 Å². The molecule has 3 rings (SSSR count). The number of benzene rings is 2. The highest BCUT2D eigenvalue weighted by Gasteiger charge is 2.12. The van der Waals surface area contributed by atoms with E-state index in [1.807, 2.05) is 67.6 Å². The van der Waals surface area contributed by atoms with Crippen molar-refractivity contribution < 1.29 is 4.79 Å². The maximum absolute atomic E-state index is 12.6. The van der Waals surface area contributed by atoms with Crippen molar-refractivity contribution in [3.8, 4) is 0 Å². The molecule has 1 amide bonds. The molecule has 2 N–H and O–H groups in total. The van der Waals surface area contributed by atoms with Gasteiger partial charge in [0, 0.05) is 18.5 Å². The number of carbonyl (C=O) groups excluding carboxylic acids is 1. The van der Waals surface area contributed by atoms with E-state index in [-0.39, 0.29) is 5.91 Å². The van der Waals surface area contributed by atoms with Gasteiger partial charge in [0.2, 0.25) is 0 Å². The van der Waals surface area contributed by atoms with Gasteiger partial charge in [0.15, 0.2) is 0 Å². The van der Waals surface area contributed by atoms with Crippen LogP contribution in [0.15, 0.2) is 60.7 Å². The van der Waals surface area contributed by atoms with Gasteiger partial charge in [-0.3, -0.25) is 4.79 Å². The number of aromatic nitrogens is 1. The molecule has 0 atom stereocenters. The first-order valence-corrected chi connectivity index (χ1v) is 7.73. The smallest absolute Gasteiger partial charge is 0.252 e. The molecular weight excluding hydrogens is 286 g/mol. The van der Waals surface area contributed by atoms with Crippen molar-refractivity contribution in [1.82, 2.24) is 10.3 Å². The summed E-state index contributed by atoms with van der Waals surface area (Å²) in [6, 6.07) is 19.4. The standard InChI is InChI=1S/C19H19N3O/c1-2-20-18-12-16(15-10-6-7-11-17(15)22-18)19(23)21-13-14-8-4-3-5-9-14/h3-12H,2,13H2,1H3,(H,20,22)(H,21,23). The van der Waals surface area contributed by atoms with Gasteiger partial charge in [-0.25, -0.2) is 4.98 Å². The Bertz CT molecular complexity index is 815. The molecule has 2 aromatic carbocycles. The SMILES string of the molecule is CCNc1cc(C(=O)NCc2ccccc2)c2ccccc2n1. The van der Waals surface area contributed by atoms with E-state index in [0.717, 1.165) is 28.8 Å². The highest BCUT2D eigenvalue weighted by Crippen LogP contribution is 2.20. The Hall–Kier alpha value is -2.88. The van der Waals surface area contributed by atoms with Crippen LogP contribution in [0.4, 0.5) is 5.82 Å². The Morgan fingerprint density at radius 1 is 1.04 bits per heavy atom. The molecule has 116 valence electrons. The highest BCUT2D eigenvalue weighted by molar-refractivity contribution is 6.06. The first-order valence-electron chi connectivity index (χ1n) is 7.73. The van der Waals surface area contributed by atoms with Gasteiger partial charge in [0.25, 0.3) is 5.91 Å². The van der Waals surface area contributed by atoms with Crippen LogP contribution in [0.1, 0.15) is 22.8 Å². The van der Waals surface area contributed by atoms with Crippen LogP contribution in [0.25, 0.3) is 10.9 Å². The molecule has 23 heavy (non-hydrogen) atoms. The number of nitrogens with one attached hydrogen (secondary N) is 2. The number of fused-ring (bicyclic) bond motifs is 1. The van der Waals surface area contributed by atoms with Gasteiger partial charge in [-0.1, -0.05) is 48.5 Å². The van der Waals surface area contributed by atoms with Crippen LogP contribution in [-0.4, -0.2) is 17.4 Å². The molecule has 0 aliphatic rings. The van der Waals surface area contributed by atoms with Crippen LogP contribution in [0, 0.1) is 0 Å². The van der Waals surface area contributed by atoms with Crippen LogP contribution < -0.4 is 10.6 Å². The molecule has 0 aliphatic heterocycles. The van der Waals surface area contributed by atoms with Crippen molar-refractivity contribution in [2.24, 2.45) is 0 Å². The number of carbonyl (C=O) groups is 1. The summed E-state index contributed by atoms with van der Waals surface area (Å²) >= 11 is 0. The van der Waals surface area contributed by atoms with Crippen molar-refractivity contribution in [2.75, 3.05) is 11.9 Å². The fourth-order valence-electron chi connectivity index (χ4n) is 2.51. The number of amides is 1. The van der Waals surface area contributed by atoms with Gasteiger partial charge in [-0.15, -0.1) is 0 Å². The van der Waals surface area contributed by atoms with Crippen LogP contribution in [0.5, 0.6) is 0 Å². The Kier molecular flexibility index (Phi) is 4.52. The second-order valence-electron chi connectivity index (χ2n) is 5.27. The minimum absolute atomic E-state index is 0.0911. The first-order chi connectivity index (χ1) is 11.3. The third-order valence-corrected chi connectivity index (χ3v) is 3.61. The molecule has 4 heteroatoms. The van der Waals surface area contributed by atoms with E-state index < -0.39 is 0 Å². The van der Waals surface area contributed by atoms with Gasteiger partial charge in [-0.05, 0) is 24.6 Å². The van der Waals surface area contributed by atoms with E-state index in [0.29, 0.717) is 12.1 Å². The lowest BCUT2D eigenvalue weighted by Crippen LogP contribution is -2.23. The zero-order valence-electron chi connectivity index (χ0n) is 13.0. The number of rotatable bonds is 5. The van der Waals surface area contributed by atoms with Gasteiger partial charge < -0.3 is 10.6 Å². The van der Waals surface area contributed by atoms with Gasteiger partial charge >= 0.3 is 0 Å². The second kappa shape index (κ2) is 6.92. The average Bonchev–Trinajstić information content (AvgIpc) is 2.60. The summed E-state index contributed by atoms with van der Waals surface area (Å²) < 4.78 is 0. The van der Waals surface area contributed by atoms with Gasteiger partial charge in [-0.2, -0.15) is 0 Å². The summed E-state index contributed by atoms with van der Waals surface area (Å²) in [5.41, 5.74) is 2.53. The van der Waals surface area contributed by atoms with Crippen LogP contribution in [-0.2, 0) is 6.54 Å². The van der Waals surface area contributed by atoms with E-state index in [1.54, 1.807) is 0 Å². The first kappa shape index (κ1) is 15.0. The van der Waals surface area contributed by atoms with Crippen molar-refractivity contribution >= 4 is 22.6 Å². The maximum atomic E-state index is 12.6. The molecule has 0 saturated carbocycles. The Balaban J connectivity index is 1.89. The molecular formula is C19H19N3O. The molecule has 3 aromatic rings. The molecule has 0 fully saturated rings. The maximum Gasteiger partial charge on any atom is 0.252 e. The number of para-hydroxylation sites is 1. The molecule has 0 bridgehead atoms. The van der Waals surface area contributed by atoms with E-state index in [4.69, 9.17) is 0 Å². The summed E-state index contributed by atoms with van der Waals surface area (Å²) in [4.78, 5) is 17.2. The van der Waals surface area contributed by atoms with Gasteiger partial charge in [0.1, 0.15) is 5.82 Å². The molecule has 0 radical (unpaired) electrons. The minimum Gasteiger partial charge on any atom is -0.370 e. The fourth-order valence-corrected chi connectivity index (χ4v) is 2.51.